The molecule has 6 nitrogen and oxygen atoms in total. The summed E-state index contributed by atoms with van der Waals surface area (Å²) in [4.78, 5) is 4.26. The number of hydrogen-bond donors (Lipinski definition) is 1. The summed E-state index contributed by atoms with van der Waals surface area (Å²) in [5, 5.41) is 11.6. The first-order valence-electron chi connectivity index (χ1n) is 5.81. The summed E-state index contributed by atoms with van der Waals surface area (Å²) >= 11 is 0. The van der Waals surface area contributed by atoms with Crippen molar-refractivity contribution in [3.05, 3.63) is 23.9 Å². The van der Waals surface area contributed by atoms with Crippen molar-refractivity contribution in [3.63, 3.8) is 0 Å². The van der Waals surface area contributed by atoms with E-state index >= 15 is 0 Å². The van der Waals surface area contributed by atoms with Crippen molar-refractivity contribution in [1.29, 1.82) is 0 Å². The molecule has 0 spiro atoms. The summed E-state index contributed by atoms with van der Waals surface area (Å²) in [7, 11) is 0. The maximum absolute atomic E-state index is 5.66. The lowest BCUT2D eigenvalue weighted by molar-refractivity contribution is 0.0279. The van der Waals surface area contributed by atoms with E-state index in [9.17, 15) is 0 Å². The smallest absolute Gasteiger partial charge is 0.163 e. The van der Waals surface area contributed by atoms with E-state index in [1.807, 2.05) is 17.4 Å². The molecule has 0 aromatic carbocycles. The standard InChI is InChI=1S/C11H15N5O/c1-8-4-10-14-15-11(16(10)7-13-8)5-9-6-12-2-3-17-9/h4,7,9,12H,2-3,5-6H2,1H3. The van der Waals surface area contributed by atoms with Crippen LogP contribution in [0.15, 0.2) is 12.4 Å². The second-order valence-electron chi connectivity index (χ2n) is 4.28. The number of ether oxygens (including phenoxy) is 1. The Kier molecular flexibility index (Phi) is 2.74. The topological polar surface area (TPSA) is 64.3 Å². The fraction of sp³-hybridized carbons (Fsp3) is 0.545. The van der Waals surface area contributed by atoms with Crippen molar-refractivity contribution in [2.45, 2.75) is 19.4 Å². The van der Waals surface area contributed by atoms with Crippen LogP contribution in [0.4, 0.5) is 0 Å². The average molecular weight is 233 g/mol. The molecular formula is C11H15N5O. The van der Waals surface area contributed by atoms with Crippen LogP contribution in [-0.2, 0) is 11.2 Å². The van der Waals surface area contributed by atoms with Gasteiger partial charge in [0.25, 0.3) is 0 Å². The fourth-order valence-electron chi connectivity index (χ4n) is 2.03. The van der Waals surface area contributed by atoms with Crippen molar-refractivity contribution in [1.82, 2.24) is 24.9 Å². The highest BCUT2D eigenvalue weighted by molar-refractivity contribution is 5.38. The molecule has 0 radical (unpaired) electrons. The highest BCUT2D eigenvalue weighted by atomic mass is 16.5. The van der Waals surface area contributed by atoms with E-state index in [1.165, 1.54) is 0 Å². The highest BCUT2D eigenvalue weighted by Crippen LogP contribution is 2.08. The summed E-state index contributed by atoms with van der Waals surface area (Å²) in [6, 6.07) is 1.93. The molecule has 2 aromatic rings. The van der Waals surface area contributed by atoms with Gasteiger partial charge >= 0.3 is 0 Å². The predicted molar refractivity (Wildman–Crippen MR) is 61.8 cm³/mol. The number of hydrogen-bond acceptors (Lipinski definition) is 5. The average Bonchev–Trinajstić information content (AvgIpc) is 2.73. The summed E-state index contributed by atoms with van der Waals surface area (Å²) in [6.45, 7) is 4.51. The molecule has 17 heavy (non-hydrogen) atoms. The molecule has 0 bridgehead atoms. The van der Waals surface area contributed by atoms with Crippen molar-refractivity contribution >= 4 is 5.65 Å². The van der Waals surface area contributed by atoms with Gasteiger partial charge in [0.1, 0.15) is 12.2 Å². The minimum atomic E-state index is 0.178. The summed E-state index contributed by atoms with van der Waals surface area (Å²) < 4.78 is 7.58. The lowest BCUT2D eigenvalue weighted by Gasteiger charge is -2.22. The van der Waals surface area contributed by atoms with E-state index in [-0.39, 0.29) is 6.10 Å². The number of nitrogens with zero attached hydrogens (tertiary/aromatic N) is 4. The fourth-order valence-corrected chi connectivity index (χ4v) is 2.03. The van der Waals surface area contributed by atoms with Crippen LogP contribution >= 0.6 is 0 Å². The summed E-state index contributed by atoms with van der Waals surface area (Å²) in [5.74, 6) is 0.904. The Morgan fingerprint density at radius 2 is 2.47 bits per heavy atom. The second-order valence-corrected chi connectivity index (χ2v) is 4.28. The summed E-state index contributed by atoms with van der Waals surface area (Å²) in [6.07, 6.45) is 2.72. The molecular weight excluding hydrogens is 218 g/mol. The molecule has 6 heteroatoms. The molecule has 1 aliphatic rings. The van der Waals surface area contributed by atoms with Crippen LogP contribution in [0.25, 0.3) is 5.65 Å². The lowest BCUT2D eigenvalue weighted by atomic mass is 10.2. The molecule has 1 saturated heterocycles. The minimum absolute atomic E-state index is 0.178. The molecule has 2 aromatic heterocycles. The van der Waals surface area contributed by atoms with Gasteiger partial charge in [-0.15, -0.1) is 10.2 Å². The second kappa shape index (κ2) is 4.38. The summed E-state index contributed by atoms with van der Waals surface area (Å²) in [5.41, 5.74) is 1.79. The molecule has 3 rings (SSSR count). The number of morpholine rings is 1. The molecule has 1 fully saturated rings. The van der Waals surface area contributed by atoms with Crippen molar-refractivity contribution in [2.24, 2.45) is 0 Å². The zero-order valence-corrected chi connectivity index (χ0v) is 9.76. The molecule has 3 heterocycles. The first-order chi connectivity index (χ1) is 8.33. The van der Waals surface area contributed by atoms with Crippen molar-refractivity contribution in [2.75, 3.05) is 19.7 Å². The van der Waals surface area contributed by atoms with Crippen LogP contribution in [-0.4, -0.2) is 45.4 Å². The zero-order valence-electron chi connectivity index (χ0n) is 9.76. The van der Waals surface area contributed by atoms with Crippen molar-refractivity contribution in [3.8, 4) is 0 Å². The Hall–Kier alpha value is -1.53. The zero-order chi connectivity index (χ0) is 11.7. The maximum atomic E-state index is 5.66. The van der Waals surface area contributed by atoms with E-state index in [4.69, 9.17) is 4.74 Å². The molecule has 1 unspecified atom stereocenters. The molecule has 0 aliphatic carbocycles. The maximum Gasteiger partial charge on any atom is 0.163 e. The number of fused-ring (bicyclic) bond motifs is 1. The minimum Gasteiger partial charge on any atom is -0.375 e. The van der Waals surface area contributed by atoms with Gasteiger partial charge in [-0.25, -0.2) is 4.98 Å². The van der Waals surface area contributed by atoms with E-state index in [0.717, 1.165) is 43.3 Å². The number of aromatic nitrogens is 4. The van der Waals surface area contributed by atoms with Crippen LogP contribution in [0.1, 0.15) is 11.5 Å². The van der Waals surface area contributed by atoms with Gasteiger partial charge in [0, 0.05) is 31.3 Å². The quantitative estimate of drug-likeness (QED) is 0.788. The van der Waals surface area contributed by atoms with Crippen LogP contribution in [0.2, 0.25) is 0 Å². The van der Waals surface area contributed by atoms with E-state index in [0.29, 0.717) is 0 Å². The first-order valence-corrected chi connectivity index (χ1v) is 5.81. The third-order valence-corrected chi connectivity index (χ3v) is 2.92. The molecule has 0 amide bonds. The Balaban J connectivity index is 1.84. The normalized spacial score (nSPS) is 20.9. The largest absolute Gasteiger partial charge is 0.375 e. The van der Waals surface area contributed by atoms with Gasteiger partial charge < -0.3 is 10.1 Å². The van der Waals surface area contributed by atoms with Crippen LogP contribution < -0.4 is 5.32 Å². The van der Waals surface area contributed by atoms with Gasteiger partial charge in [0.15, 0.2) is 5.65 Å². The molecule has 1 aliphatic heterocycles. The molecule has 1 N–H and O–H groups in total. The van der Waals surface area contributed by atoms with Crippen molar-refractivity contribution < 1.29 is 4.74 Å². The Bertz CT molecular complexity index is 518. The lowest BCUT2D eigenvalue weighted by Crippen LogP contribution is -2.39. The third-order valence-electron chi connectivity index (χ3n) is 2.92. The number of aryl methyl sites for hydroxylation is 1. The predicted octanol–water partition coefficient (Wildman–Crippen LogP) is -0.0364. The van der Waals surface area contributed by atoms with Gasteiger partial charge in [-0.3, -0.25) is 4.40 Å². The Morgan fingerprint density at radius 1 is 1.53 bits per heavy atom. The molecule has 90 valence electrons. The van der Waals surface area contributed by atoms with Gasteiger partial charge in [-0.05, 0) is 6.92 Å². The van der Waals surface area contributed by atoms with E-state index < -0.39 is 0 Å². The molecule has 1 atom stereocenters. The SMILES string of the molecule is Cc1cc2nnc(CC3CNCCO3)n2cn1. The van der Waals surface area contributed by atoms with Crippen LogP contribution in [0, 0.1) is 6.92 Å². The van der Waals surface area contributed by atoms with Gasteiger partial charge in [0.05, 0.1) is 12.7 Å². The van der Waals surface area contributed by atoms with Crippen LogP contribution in [0.3, 0.4) is 0 Å². The van der Waals surface area contributed by atoms with Gasteiger partial charge in [0.2, 0.25) is 0 Å². The van der Waals surface area contributed by atoms with E-state index in [2.05, 4.69) is 20.5 Å². The third kappa shape index (κ3) is 2.13. The number of rotatable bonds is 2. The first kappa shape index (κ1) is 10.6. The monoisotopic (exact) mass is 233 g/mol. The van der Waals surface area contributed by atoms with Gasteiger partial charge in [-0.1, -0.05) is 0 Å². The molecule has 0 saturated carbocycles. The van der Waals surface area contributed by atoms with E-state index in [1.54, 1.807) is 6.33 Å². The van der Waals surface area contributed by atoms with Gasteiger partial charge in [-0.2, -0.15) is 0 Å². The highest BCUT2D eigenvalue weighted by Gasteiger charge is 2.17. The Morgan fingerprint density at radius 3 is 3.29 bits per heavy atom. The number of nitrogens with one attached hydrogen (secondary N) is 1. The Labute approximate surface area is 99.0 Å². The van der Waals surface area contributed by atoms with Crippen LogP contribution in [0.5, 0.6) is 0 Å².